The van der Waals surface area contributed by atoms with E-state index in [1.807, 2.05) is 13.8 Å². The lowest BCUT2D eigenvalue weighted by molar-refractivity contribution is -0.141. The SMILES string of the molecule is CC(C)NC(=O)CN(C)C(=O)C(C)(C)CCl. The minimum atomic E-state index is -0.631. The molecule has 94 valence electrons. The Balaban J connectivity index is 4.31. The molecule has 0 saturated heterocycles. The van der Waals surface area contributed by atoms with Gasteiger partial charge in [-0.2, -0.15) is 0 Å². The van der Waals surface area contributed by atoms with E-state index in [2.05, 4.69) is 5.32 Å². The zero-order valence-corrected chi connectivity index (χ0v) is 11.4. The minimum Gasteiger partial charge on any atom is -0.352 e. The number of nitrogens with one attached hydrogen (secondary N) is 1. The van der Waals surface area contributed by atoms with Crippen LogP contribution in [-0.2, 0) is 9.59 Å². The van der Waals surface area contributed by atoms with E-state index in [0.717, 1.165) is 0 Å². The van der Waals surface area contributed by atoms with Crippen molar-refractivity contribution in [3.05, 3.63) is 0 Å². The van der Waals surface area contributed by atoms with Gasteiger partial charge in [-0.3, -0.25) is 9.59 Å². The summed E-state index contributed by atoms with van der Waals surface area (Å²) in [6.07, 6.45) is 0. The van der Waals surface area contributed by atoms with Crippen LogP contribution in [0.4, 0.5) is 0 Å². The van der Waals surface area contributed by atoms with Crippen molar-refractivity contribution >= 4 is 23.4 Å². The van der Waals surface area contributed by atoms with Crippen molar-refractivity contribution in [2.75, 3.05) is 19.5 Å². The summed E-state index contributed by atoms with van der Waals surface area (Å²) in [5, 5.41) is 2.73. The maximum absolute atomic E-state index is 11.9. The summed E-state index contributed by atoms with van der Waals surface area (Å²) in [5.74, 6) is -0.0419. The van der Waals surface area contributed by atoms with Crippen LogP contribution in [0.2, 0.25) is 0 Å². The Morgan fingerprint density at radius 3 is 2.25 bits per heavy atom. The smallest absolute Gasteiger partial charge is 0.239 e. The molecular weight excluding hydrogens is 228 g/mol. The molecule has 5 heteroatoms. The van der Waals surface area contributed by atoms with Crippen LogP contribution in [0.5, 0.6) is 0 Å². The van der Waals surface area contributed by atoms with Crippen molar-refractivity contribution < 1.29 is 9.59 Å². The van der Waals surface area contributed by atoms with Crippen LogP contribution in [0.15, 0.2) is 0 Å². The highest BCUT2D eigenvalue weighted by Crippen LogP contribution is 2.19. The first kappa shape index (κ1) is 15.2. The number of likely N-dealkylation sites (N-methyl/N-ethyl adjacent to an activating group) is 1. The molecule has 16 heavy (non-hydrogen) atoms. The molecule has 4 nitrogen and oxygen atoms in total. The summed E-state index contributed by atoms with van der Waals surface area (Å²) < 4.78 is 0. The highest BCUT2D eigenvalue weighted by Gasteiger charge is 2.30. The van der Waals surface area contributed by atoms with Gasteiger partial charge in [0.15, 0.2) is 0 Å². The third-order valence-electron chi connectivity index (χ3n) is 2.09. The van der Waals surface area contributed by atoms with E-state index in [9.17, 15) is 9.59 Å². The van der Waals surface area contributed by atoms with Crippen LogP contribution in [0.25, 0.3) is 0 Å². The summed E-state index contributed by atoms with van der Waals surface area (Å²) in [4.78, 5) is 24.7. The number of hydrogen-bond acceptors (Lipinski definition) is 2. The monoisotopic (exact) mass is 248 g/mol. The van der Waals surface area contributed by atoms with Gasteiger partial charge in [0.2, 0.25) is 11.8 Å². The largest absolute Gasteiger partial charge is 0.352 e. The molecule has 0 radical (unpaired) electrons. The molecule has 0 bridgehead atoms. The van der Waals surface area contributed by atoms with Gasteiger partial charge in [0.1, 0.15) is 0 Å². The van der Waals surface area contributed by atoms with E-state index in [1.165, 1.54) is 4.90 Å². The molecule has 2 amide bonds. The average Bonchev–Trinajstić information content (AvgIpc) is 2.14. The first-order valence-electron chi connectivity index (χ1n) is 5.31. The topological polar surface area (TPSA) is 49.4 Å². The van der Waals surface area contributed by atoms with E-state index in [1.54, 1.807) is 20.9 Å². The van der Waals surface area contributed by atoms with Gasteiger partial charge in [-0.25, -0.2) is 0 Å². The third-order valence-corrected chi connectivity index (χ3v) is 2.76. The Kier molecular flexibility index (Phi) is 5.79. The number of carbonyl (C=O) groups excluding carboxylic acids is 2. The summed E-state index contributed by atoms with van der Waals surface area (Å²) in [7, 11) is 1.61. The normalized spacial score (nSPS) is 11.4. The highest BCUT2D eigenvalue weighted by atomic mass is 35.5. The zero-order chi connectivity index (χ0) is 12.9. The Bertz CT molecular complexity index is 265. The Morgan fingerprint density at radius 1 is 1.38 bits per heavy atom. The fourth-order valence-electron chi connectivity index (χ4n) is 1.23. The first-order chi connectivity index (χ1) is 7.20. The molecule has 0 heterocycles. The van der Waals surface area contributed by atoms with Crippen LogP contribution in [0.1, 0.15) is 27.7 Å². The lowest BCUT2D eigenvalue weighted by Crippen LogP contribution is -2.45. The molecule has 0 spiro atoms. The van der Waals surface area contributed by atoms with E-state index in [0.29, 0.717) is 0 Å². The maximum atomic E-state index is 11.9. The van der Waals surface area contributed by atoms with Crippen LogP contribution < -0.4 is 5.32 Å². The predicted octanol–water partition coefficient (Wildman–Crippen LogP) is 1.23. The number of rotatable bonds is 5. The summed E-state index contributed by atoms with van der Waals surface area (Å²) in [6.45, 7) is 7.35. The number of amides is 2. The van der Waals surface area contributed by atoms with Gasteiger partial charge >= 0.3 is 0 Å². The van der Waals surface area contributed by atoms with E-state index < -0.39 is 5.41 Å². The van der Waals surface area contributed by atoms with Gasteiger partial charge in [0.05, 0.1) is 12.0 Å². The number of alkyl halides is 1. The van der Waals surface area contributed by atoms with Gasteiger partial charge in [0, 0.05) is 19.0 Å². The number of halogens is 1. The standard InChI is InChI=1S/C11H21ClN2O2/c1-8(2)13-9(15)6-14(5)10(16)11(3,4)7-12/h8H,6-7H2,1-5H3,(H,13,15). The summed E-state index contributed by atoms with van der Waals surface area (Å²) in [5.41, 5.74) is -0.631. The second kappa shape index (κ2) is 6.09. The third kappa shape index (κ3) is 4.84. The summed E-state index contributed by atoms with van der Waals surface area (Å²) in [6, 6.07) is 0.0806. The zero-order valence-electron chi connectivity index (χ0n) is 10.6. The van der Waals surface area contributed by atoms with Crippen LogP contribution >= 0.6 is 11.6 Å². The van der Waals surface area contributed by atoms with Crippen molar-refractivity contribution in [1.82, 2.24) is 10.2 Å². The Labute approximate surface area is 102 Å². The van der Waals surface area contributed by atoms with Crippen molar-refractivity contribution in [2.24, 2.45) is 5.41 Å². The molecule has 0 aromatic carbocycles. The Morgan fingerprint density at radius 2 is 1.88 bits per heavy atom. The molecule has 0 aromatic heterocycles. The van der Waals surface area contributed by atoms with Crippen molar-refractivity contribution in [2.45, 2.75) is 33.7 Å². The molecule has 1 N–H and O–H groups in total. The molecule has 0 atom stereocenters. The minimum absolute atomic E-state index is 0.0668. The molecule has 0 aliphatic carbocycles. The molecular formula is C11H21ClN2O2. The fourth-order valence-corrected chi connectivity index (χ4v) is 1.34. The van der Waals surface area contributed by atoms with Crippen molar-refractivity contribution in [1.29, 1.82) is 0 Å². The maximum Gasteiger partial charge on any atom is 0.239 e. The highest BCUT2D eigenvalue weighted by molar-refractivity contribution is 6.19. The molecule has 0 aliphatic rings. The molecule has 0 aliphatic heterocycles. The second-order valence-electron chi connectivity index (χ2n) is 4.90. The van der Waals surface area contributed by atoms with Crippen LogP contribution in [0.3, 0.4) is 0 Å². The fraction of sp³-hybridized carbons (Fsp3) is 0.818. The lowest BCUT2D eigenvalue weighted by atomic mass is 9.94. The predicted molar refractivity (Wildman–Crippen MR) is 65.4 cm³/mol. The Hall–Kier alpha value is -0.770. The van der Waals surface area contributed by atoms with Gasteiger partial charge < -0.3 is 10.2 Å². The molecule has 0 unspecified atom stereocenters. The van der Waals surface area contributed by atoms with Gasteiger partial charge in [-0.05, 0) is 27.7 Å². The average molecular weight is 249 g/mol. The molecule has 0 saturated carbocycles. The van der Waals surface area contributed by atoms with Crippen LogP contribution in [0, 0.1) is 5.41 Å². The van der Waals surface area contributed by atoms with Crippen molar-refractivity contribution in [3.63, 3.8) is 0 Å². The van der Waals surface area contributed by atoms with Crippen molar-refractivity contribution in [3.8, 4) is 0 Å². The summed E-state index contributed by atoms with van der Waals surface area (Å²) >= 11 is 5.70. The van der Waals surface area contributed by atoms with Gasteiger partial charge in [-0.1, -0.05) is 0 Å². The van der Waals surface area contributed by atoms with Gasteiger partial charge in [0.25, 0.3) is 0 Å². The second-order valence-corrected chi connectivity index (χ2v) is 5.17. The number of carbonyl (C=O) groups is 2. The van der Waals surface area contributed by atoms with E-state index in [-0.39, 0.29) is 30.3 Å². The van der Waals surface area contributed by atoms with E-state index >= 15 is 0 Å². The lowest BCUT2D eigenvalue weighted by Gasteiger charge is -2.27. The molecule has 0 rings (SSSR count). The quantitative estimate of drug-likeness (QED) is 0.745. The van der Waals surface area contributed by atoms with Crippen LogP contribution in [-0.4, -0.2) is 42.2 Å². The first-order valence-corrected chi connectivity index (χ1v) is 5.85. The van der Waals surface area contributed by atoms with E-state index in [4.69, 9.17) is 11.6 Å². The van der Waals surface area contributed by atoms with Gasteiger partial charge in [-0.15, -0.1) is 11.6 Å². The number of nitrogens with zero attached hydrogens (tertiary/aromatic N) is 1. The molecule has 0 aromatic rings. The number of hydrogen-bond donors (Lipinski definition) is 1. The molecule has 0 fully saturated rings.